The maximum Gasteiger partial charge on any atom is 0.331 e. The van der Waals surface area contributed by atoms with E-state index in [1.807, 2.05) is 52.0 Å². The number of carbonyl (C=O) groups excluding carboxylic acids is 1. The van der Waals surface area contributed by atoms with E-state index in [0.717, 1.165) is 16.7 Å². The van der Waals surface area contributed by atoms with Gasteiger partial charge in [0.05, 0.1) is 0 Å². The van der Waals surface area contributed by atoms with E-state index < -0.39 is 5.60 Å². The highest BCUT2D eigenvalue weighted by molar-refractivity contribution is 5.87. The van der Waals surface area contributed by atoms with Crippen molar-refractivity contribution >= 4 is 17.6 Å². The highest BCUT2D eigenvalue weighted by Crippen LogP contribution is 2.13. The summed E-state index contributed by atoms with van der Waals surface area (Å²) in [6.45, 7) is 11.4. The molecule has 0 aliphatic heterocycles. The quantitative estimate of drug-likeness (QED) is 0.591. The monoisotopic (exact) mass is 244 g/mol. The fraction of sp³-hybridized carbons (Fsp3) is 0.312. The minimum absolute atomic E-state index is 0.327. The maximum atomic E-state index is 11.5. The maximum absolute atomic E-state index is 11.5. The average Bonchev–Trinajstić information content (AvgIpc) is 2.24. The summed E-state index contributed by atoms with van der Waals surface area (Å²) < 4.78 is 5.18. The molecule has 0 fully saturated rings. The van der Waals surface area contributed by atoms with Crippen molar-refractivity contribution in [2.45, 2.75) is 33.3 Å². The third kappa shape index (κ3) is 5.00. The molecule has 0 saturated heterocycles. The summed E-state index contributed by atoms with van der Waals surface area (Å²) in [5.74, 6) is -0.327. The van der Waals surface area contributed by atoms with Gasteiger partial charge in [0.25, 0.3) is 0 Å². The van der Waals surface area contributed by atoms with E-state index >= 15 is 0 Å². The van der Waals surface area contributed by atoms with Crippen molar-refractivity contribution in [3.8, 4) is 0 Å². The Morgan fingerprint density at radius 2 is 1.78 bits per heavy atom. The molecule has 18 heavy (non-hydrogen) atoms. The second-order valence-corrected chi connectivity index (χ2v) is 5.27. The minimum atomic E-state index is -0.453. The van der Waals surface area contributed by atoms with E-state index in [0.29, 0.717) is 0 Å². The number of rotatable bonds is 3. The highest BCUT2D eigenvalue weighted by atomic mass is 16.6. The third-order valence-corrected chi connectivity index (χ3v) is 2.22. The first-order valence-electron chi connectivity index (χ1n) is 5.95. The number of benzene rings is 1. The lowest BCUT2D eigenvalue weighted by molar-refractivity contribution is -0.148. The van der Waals surface area contributed by atoms with Crippen LogP contribution in [0.15, 0.2) is 36.9 Å². The van der Waals surface area contributed by atoms with Crippen molar-refractivity contribution in [2.24, 2.45) is 0 Å². The van der Waals surface area contributed by atoms with E-state index in [1.54, 1.807) is 6.08 Å². The zero-order chi connectivity index (χ0) is 13.8. The van der Waals surface area contributed by atoms with Crippen LogP contribution >= 0.6 is 0 Å². The molecule has 0 atom stereocenters. The van der Waals surface area contributed by atoms with Crippen molar-refractivity contribution in [2.75, 3.05) is 0 Å². The van der Waals surface area contributed by atoms with Crippen LogP contribution < -0.4 is 0 Å². The van der Waals surface area contributed by atoms with Gasteiger partial charge in [-0.25, -0.2) is 4.79 Å². The minimum Gasteiger partial charge on any atom is -0.457 e. The van der Waals surface area contributed by atoms with Crippen molar-refractivity contribution < 1.29 is 9.53 Å². The highest BCUT2D eigenvalue weighted by Gasteiger charge is 2.13. The number of hydrogen-bond acceptors (Lipinski definition) is 2. The Hall–Kier alpha value is -1.83. The lowest BCUT2D eigenvalue weighted by Gasteiger charge is -2.17. The van der Waals surface area contributed by atoms with Gasteiger partial charge in [-0.1, -0.05) is 36.4 Å². The molecule has 0 aromatic heterocycles. The summed E-state index contributed by atoms with van der Waals surface area (Å²) in [6, 6.07) is 7.87. The Balaban J connectivity index is 2.67. The average molecular weight is 244 g/mol. The Morgan fingerprint density at radius 1 is 1.22 bits per heavy atom. The molecule has 0 aliphatic rings. The number of carbonyl (C=O) groups is 1. The molecule has 0 saturated carbocycles. The number of ether oxygens (including phenoxy) is 1. The summed E-state index contributed by atoms with van der Waals surface area (Å²) in [6.07, 6.45) is 3.19. The molecule has 0 amide bonds. The predicted molar refractivity (Wildman–Crippen MR) is 76.0 cm³/mol. The van der Waals surface area contributed by atoms with E-state index in [4.69, 9.17) is 4.74 Å². The molecule has 0 radical (unpaired) electrons. The van der Waals surface area contributed by atoms with Crippen molar-refractivity contribution in [1.29, 1.82) is 0 Å². The van der Waals surface area contributed by atoms with Crippen molar-refractivity contribution in [3.05, 3.63) is 48.0 Å². The van der Waals surface area contributed by atoms with Gasteiger partial charge in [0.1, 0.15) is 5.60 Å². The molecule has 0 aliphatic carbocycles. The molecule has 1 aromatic rings. The van der Waals surface area contributed by atoms with Crippen LogP contribution in [-0.4, -0.2) is 11.6 Å². The lowest BCUT2D eigenvalue weighted by atomic mass is 10.1. The Morgan fingerprint density at radius 3 is 2.22 bits per heavy atom. The molecule has 2 nitrogen and oxygen atoms in total. The fourth-order valence-corrected chi connectivity index (χ4v) is 1.38. The molecule has 0 unspecified atom stereocenters. The van der Waals surface area contributed by atoms with Crippen LogP contribution in [0.1, 0.15) is 38.8 Å². The number of hydrogen-bond donors (Lipinski definition) is 0. The van der Waals surface area contributed by atoms with Crippen molar-refractivity contribution in [1.82, 2.24) is 0 Å². The van der Waals surface area contributed by atoms with Crippen LogP contribution in [-0.2, 0) is 9.53 Å². The SMILES string of the molecule is C=C(C)c1ccc(/C=C/C(=O)OC(C)(C)C)cc1. The summed E-state index contributed by atoms with van der Waals surface area (Å²) in [5.41, 5.74) is 2.64. The lowest BCUT2D eigenvalue weighted by Crippen LogP contribution is -2.22. The van der Waals surface area contributed by atoms with Crippen molar-refractivity contribution in [3.63, 3.8) is 0 Å². The van der Waals surface area contributed by atoms with Gasteiger partial charge in [-0.15, -0.1) is 0 Å². The topological polar surface area (TPSA) is 26.3 Å². The smallest absolute Gasteiger partial charge is 0.331 e. The predicted octanol–water partition coefficient (Wildman–Crippen LogP) is 4.07. The molecule has 1 rings (SSSR count). The Bertz CT molecular complexity index is 459. The number of esters is 1. The molecule has 96 valence electrons. The van der Waals surface area contributed by atoms with E-state index in [9.17, 15) is 4.79 Å². The molecule has 0 N–H and O–H groups in total. The Kier molecular flexibility index (Phi) is 4.49. The number of allylic oxidation sites excluding steroid dienone is 1. The van der Waals surface area contributed by atoms with Gasteiger partial charge in [0.15, 0.2) is 0 Å². The third-order valence-electron chi connectivity index (χ3n) is 2.22. The first kappa shape index (κ1) is 14.2. The second-order valence-electron chi connectivity index (χ2n) is 5.27. The largest absolute Gasteiger partial charge is 0.457 e. The van der Waals surface area contributed by atoms with Gasteiger partial charge in [0, 0.05) is 6.08 Å². The Labute approximate surface area is 109 Å². The van der Waals surface area contributed by atoms with Gasteiger partial charge in [-0.2, -0.15) is 0 Å². The van der Waals surface area contributed by atoms with Gasteiger partial charge in [-0.05, 0) is 44.9 Å². The summed E-state index contributed by atoms with van der Waals surface area (Å²) in [5, 5.41) is 0. The standard InChI is InChI=1S/C16H20O2/c1-12(2)14-9-6-13(7-10-14)8-11-15(17)18-16(3,4)5/h6-11H,1H2,2-5H3/b11-8+. The van der Waals surface area contributed by atoms with Crippen LogP contribution in [0.25, 0.3) is 11.6 Å². The van der Waals surface area contributed by atoms with Crippen LogP contribution in [0.5, 0.6) is 0 Å². The second kappa shape index (κ2) is 5.67. The first-order chi connectivity index (χ1) is 8.28. The normalized spacial score (nSPS) is 11.6. The molecule has 0 spiro atoms. The molecule has 0 bridgehead atoms. The van der Waals surface area contributed by atoms with E-state index in [1.165, 1.54) is 6.08 Å². The summed E-state index contributed by atoms with van der Waals surface area (Å²) in [7, 11) is 0. The molecule has 0 heterocycles. The van der Waals surface area contributed by atoms with Gasteiger partial charge in [-0.3, -0.25) is 0 Å². The van der Waals surface area contributed by atoms with Crippen LogP contribution in [0.3, 0.4) is 0 Å². The van der Waals surface area contributed by atoms with Gasteiger partial charge in [0.2, 0.25) is 0 Å². The molecule has 2 heteroatoms. The molecular formula is C16H20O2. The fourth-order valence-electron chi connectivity index (χ4n) is 1.38. The van der Waals surface area contributed by atoms with Gasteiger partial charge >= 0.3 is 5.97 Å². The molecular weight excluding hydrogens is 224 g/mol. The first-order valence-corrected chi connectivity index (χ1v) is 5.95. The summed E-state index contributed by atoms with van der Waals surface area (Å²) >= 11 is 0. The summed E-state index contributed by atoms with van der Waals surface area (Å²) in [4.78, 5) is 11.5. The zero-order valence-electron chi connectivity index (χ0n) is 11.5. The zero-order valence-corrected chi connectivity index (χ0v) is 11.5. The van der Waals surface area contributed by atoms with E-state index in [2.05, 4.69) is 6.58 Å². The van der Waals surface area contributed by atoms with Crippen LogP contribution in [0.2, 0.25) is 0 Å². The molecule has 1 aromatic carbocycles. The van der Waals surface area contributed by atoms with Crippen LogP contribution in [0, 0.1) is 0 Å². The van der Waals surface area contributed by atoms with E-state index in [-0.39, 0.29) is 5.97 Å². The van der Waals surface area contributed by atoms with Gasteiger partial charge < -0.3 is 4.74 Å². The van der Waals surface area contributed by atoms with Crippen LogP contribution in [0.4, 0.5) is 0 Å².